The Hall–Kier alpha value is -1.80. The first-order chi connectivity index (χ1) is 11.5. The van der Waals surface area contributed by atoms with Crippen molar-refractivity contribution in [3.05, 3.63) is 23.8 Å². The fourth-order valence-corrected chi connectivity index (χ4v) is 4.74. The quantitative estimate of drug-likeness (QED) is 0.868. The van der Waals surface area contributed by atoms with Crippen molar-refractivity contribution in [3.63, 3.8) is 0 Å². The molecule has 132 valence electrons. The average Bonchev–Trinajstić information content (AvgIpc) is 2.87. The maximum absolute atomic E-state index is 12.1. The molecule has 0 bridgehead atoms. The minimum absolute atomic E-state index is 0.133. The summed E-state index contributed by atoms with van der Waals surface area (Å²) >= 11 is 0. The van der Waals surface area contributed by atoms with Crippen molar-refractivity contribution >= 4 is 27.4 Å². The van der Waals surface area contributed by atoms with E-state index >= 15 is 0 Å². The molecular formula is C16H23N3O4S. The van der Waals surface area contributed by atoms with Crippen LogP contribution >= 0.6 is 0 Å². The predicted octanol–water partition coefficient (Wildman–Crippen LogP) is 1.84. The minimum Gasteiger partial charge on any atom is -0.381 e. The van der Waals surface area contributed by atoms with Gasteiger partial charge in [-0.05, 0) is 49.9 Å². The molecule has 1 aromatic rings. The van der Waals surface area contributed by atoms with Crippen LogP contribution in [0, 0.1) is 6.92 Å². The van der Waals surface area contributed by atoms with Crippen LogP contribution in [0.1, 0.15) is 24.8 Å². The van der Waals surface area contributed by atoms with Crippen molar-refractivity contribution in [3.8, 4) is 0 Å². The first kappa shape index (κ1) is 17.0. The highest BCUT2D eigenvalue weighted by molar-refractivity contribution is 7.93. The van der Waals surface area contributed by atoms with Crippen LogP contribution in [0.25, 0.3) is 0 Å². The van der Waals surface area contributed by atoms with E-state index in [9.17, 15) is 13.2 Å². The molecule has 2 saturated heterocycles. The number of sulfonamides is 1. The van der Waals surface area contributed by atoms with Gasteiger partial charge in [0.1, 0.15) is 0 Å². The molecule has 2 aliphatic heterocycles. The summed E-state index contributed by atoms with van der Waals surface area (Å²) in [4.78, 5) is 12.1. The number of nitrogens with zero attached hydrogens (tertiary/aromatic N) is 1. The molecule has 2 fully saturated rings. The van der Waals surface area contributed by atoms with Gasteiger partial charge in [-0.15, -0.1) is 0 Å². The van der Waals surface area contributed by atoms with E-state index in [1.807, 2.05) is 6.92 Å². The second-order valence-electron chi connectivity index (χ2n) is 6.23. The van der Waals surface area contributed by atoms with E-state index in [0.29, 0.717) is 37.6 Å². The van der Waals surface area contributed by atoms with Gasteiger partial charge >= 0.3 is 6.03 Å². The van der Waals surface area contributed by atoms with Gasteiger partial charge < -0.3 is 15.4 Å². The molecule has 0 unspecified atom stereocenters. The predicted molar refractivity (Wildman–Crippen MR) is 92.9 cm³/mol. The number of benzene rings is 1. The van der Waals surface area contributed by atoms with E-state index < -0.39 is 10.0 Å². The summed E-state index contributed by atoms with van der Waals surface area (Å²) in [5.41, 5.74) is 2.16. The monoisotopic (exact) mass is 353 g/mol. The fourth-order valence-electron chi connectivity index (χ4n) is 3.12. The zero-order valence-corrected chi connectivity index (χ0v) is 14.6. The van der Waals surface area contributed by atoms with Gasteiger partial charge in [0.05, 0.1) is 11.4 Å². The smallest absolute Gasteiger partial charge is 0.319 e. The van der Waals surface area contributed by atoms with Crippen LogP contribution < -0.4 is 14.9 Å². The van der Waals surface area contributed by atoms with Crippen LogP contribution in [-0.4, -0.2) is 46.0 Å². The van der Waals surface area contributed by atoms with Crippen molar-refractivity contribution in [2.24, 2.45) is 0 Å². The fraction of sp³-hybridized carbons (Fsp3) is 0.562. The zero-order chi connectivity index (χ0) is 17.2. The molecule has 2 aliphatic rings. The van der Waals surface area contributed by atoms with E-state index in [2.05, 4.69) is 10.6 Å². The average molecular weight is 353 g/mol. The summed E-state index contributed by atoms with van der Waals surface area (Å²) in [6, 6.07) is 5.17. The largest absolute Gasteiger partial charge is 0.381 e. The molecule has 2 N–H and O–H groups in total. The number of carbonyl (C=O) groups excluding carboxylic acids is 1. The molecule has 0 saturated carbocycles. The van der Waals surface area contributed by atoms with Gasteiger partial charge in [-0.25, -0.2) is 13.2 Å². The van der Waals surface area contributed by atoms with Gasteiger partial charge in [0.2, 0.25) is 10.0 Å². The molecule has 0 aliphatic carbocycles. The number of urea groups is 1. The Morgan fingerprint density at radius 3 is 2.67 bits per heavy atom. The van der Waals surface area contributed by atoms with Crippen LogP contribution in [0.4, 0.5) is 16.2 Å². The van der Waals surface area contributed by atoms with Gasteiger partial charge in [-0.2, -0.15) is 0 Å². The molecule has 24 heavy (non-hydrogen) atoms. The maximum Gasteiger partial charge on any atom is 0.319 e. The summed E-state index contributed by atoms with van der Waals surface area (Å²) in [5, 5.41) is 5.74. The van der Waals surface area contributed by atoms with E-state index in [1.165, 1.54) is 4.31 Å². The lowest BCUT2D eigenvalue weighted by Crippen LogP contribution is -2.41. The van der Waals surface area contributed by atoms with Crippen molar-refractivity contribution in [1.82, 2.24) is 5.32 Å². The normalized spacial score (nSPS) is 20.8. The Labute approximate surface area is 142 Å². The Morgan fingerprint density at radius 1 is 1.29 bits per heavy atom. The van der Waals surface area contributed by atoms with Crippen LogP contribution in [0.5, 0.6) is 0 Å². The van der Waals surface area contributed by atoms with Crippen LogP contribution in [-0.2, 0) is 14.8 Å². The maximum atomic E-state index is 12.1. The van der Waals surface area contributed by atoms with E-state index in [1.54, 1.807) is 18.2 Å². The van der Waals surface area contributed by atoms with Crippen molar-refractivity contribution < 1.29 is 17.9 Å². The minimum atomic E-state index is -3.20. The summed E-state index contributed by atoms with van der Waals surface area (Å²) in [5.74, 6) is 0.194. The lowest BCUT2D eigenvalue weighted by molar-refractivity contribution is 0.0806. The standard InChI is InChI=1S/C16H23N3O4S/c1-12-11-14(18-16(20)17-13-5-8-23-9-6-13)3-4-15(12)19-7-2-10-24(19,21)22/h3-4,11,13H,2,5-10H2,1H3,(H2,17,18,20). The molecule has 7 nitrogen and oxygen atoms in total. The third-order valence-electron chi connectivity index (χ3n) is 4.38. The third-order valence-corrected chi connectivity index (χ3v) is 6.23. The molecule has 0 aromatic heterocycles. The number of anilines is 2. The van der Waals surface area contributed by atoms with Crippen molar-refractivity contribution in [2.75, 3.05) is 35.1 Å². The second-order valence-corrected chi connectivity index (χ2v) is 8.24. The van der Waals surface area contributed by atoms with Gasteiger partial charge in [0.25, 0.3) is 0 Å². The van der Waals surface area contributed by atoms with Crippen molar-refractivity contribution in [2.45, 2.75) is 32.2 Å². The lowest BCUT2D eigenvalue weighted by Gasteiger charge is -2.23. The number of carbonyl (C=O) groups is 1. The summed E-state index contributed by atoms with van der Waals surface area (Å²) < 4.78 is 30.8. The van der Waals surface area contributed by atoms with Crippen LogP contribution in [0.3, 0.4) is 0 Å². The SMILES string of the molecule is Cc1cc(NC(=O)NC2CCOCC2)ccc1N1CCCS1(=O)=O. The summed E-state index contributed by atoms with van der Waals surface area (Å²) in [6.07, 6.45) is 2.28. The summed E-state index contributed by atoms with van der Waals surface area (Å²) in [6.45, 7) is 3.71. The molecule has 2 amide bonds. The number of amides is 2. The molecule has 0 atom stereocenters. The van der Waals surface area contributed by atoms with Crippen molar-refractivity contribution in [1.29, 1.82) is 0 Å². The van der Waals surface area contributed by atoms with Gasteiger partial charge in [0.15, 0.2) is 0 Å². The number of nitrogens with one attached hydrogen (secondary N) is 2. The van der Waals surface area contributed by atoms with Crippen LogP contribution in [0.2, 0.25) is 0 Å². The second kappa shape index (κ2) is 6.98. The molecule has 3 rings (SSSR count). The Kier molecular flexibility index (Phi) is 4.96. The van der Waals surface area contributed by atoms with Gasteiger partial charge in [0, 0.05) is 31.5 Å². The molecule has 2 heterocycles. The van der Waals surface area contributed by atoms with Gasteiger partial charge in [-0.1, -0.05) is 0 Å². The molecule has 0 spiro atoms. The number of hydrogen-bond donors (Lipinski definition) is 2. The Bertz CT molecular complexity index is 714. The number of rotatable bonds is 3. The first-order valence-electron chi connectivity index (χ1n) is 8.22. The number of ether oxygens (including phenoxy) is 1. The van der Waals surface area contributed by atoms with Gasteiger partial charge in [-0.3, -0.25) is 4.31 Å². The molecular weight excluding hydrogens is 330 g/mol. The highest BCUT2D eigenvalue weighted by atomic mass is 32.2. The highest BCUT2D eigenvalue weighted by Gasteiger charge is 2.29. The molecule has 0 radical (unpaired) electrons. The number of hydrogen-bond acceptors (Lipinski definition) is 4. The zero-order valence-electron chi connectivity index (χ0n) is 13.7. The molecule has 1 aromatic carbocycles. The van der Waals surface area contributed by atoms with E-state index in [-0.39, 0.29) is 17.8 Å². The Morgan fingerprint density at radius 2 is 2.04 bits per heavy atom. The van der Waals surface area contributed by atoms with E-state index in [0.717, 1.165) is 18.4 Å². The van der Waals surface area contributed by atoms with Crippen LogP contribution in [0.15, 0.2) is 18.2 Å². The highest BCUT2D eigenvalue weighted by Crippen LogP contribution is 2.29. The Balaban J connectivity index is 1.65. The molecule has 8 heteroatoms. The van der Waals surface area contributed by atoms with E-state index in [4.69, 9.17) is 4.74 Å². The topological polar surface area (TPSA) is 87.7 Å². The third kappa shape index (κ3) is 3.81. The lowest BCUT2D eigenvalue weighted by atomic mass is 10.1. The first-order valence-corrected chi connectivity index (χ1v) is 9.83. The summed E-state index contributed by atoms with van der Waals surface area (Å²) in [7, 11) is -3.20. The number of aryl methyl sites for hydroxylation is 1.